The SMILES string of the molecule is CC(=N)/C(=C\O)NC(N)=S. The number of hydrogen-bond donors (Lipinski definition) is 4. The number of rotatable bonds is 2. The van der Waals surface area contributed by atoms with Crippen LogP contribution in [0.25, 0.3) is 0 Å². The predicted molar refractivity (Wildman–Crippen MR) is 44.0 cm³/mol. The van der Waals surface area contributed by atoms with Gasteiger partial charge in [-0.2, -0.15) is 0 Å². The van der Waals surface area contributed by atoms with Crippen LogP contribution in [0.1, 0.15) is 6.92 Å². The Morgan fingerprint density at radius 3 is 2.40 bits per heavy atom. The van der Waals surface area contributed by atoms with Crippen LogP contribution in [0.15, 0.2) is 12.0 Å². The molecular formula is C5H9N3OS. The molecule has 0 radical (unpaired) electrons. The molecule has 5 heteroatoms. The highest BCUT2D eigenvalue weighted by atomic mass is 32.1. The Labute approximate surface area is 64.2 Å². The summed E-state index contributed by atoms with van der Waals surface area (Å²) < 4.78 is 0. The van der Waals surface area contributed by atoms with E-state index >= 15 is 0 Å². The van der Waals surface area contributed by atoms with Gasteiger partial charge in [-0.1, -0.05) is 0 Å². The normalized spacial score (nSPS) is 10.7. The molecule has 0 saturated heterocycles. The molecule has 0 unspecified atom stereocenters. The molecular weight excluding hydrogens is 150 g/mol. The Bertz CT molecular complexity index is 187. The van der Waals surface area contributed by atoms with Crippen LogP contribution in [-0.2, 0) is 0 Å². The van der Waals surface area contributed by atoms with Gasteiger partial charge in [-0.25, -0.2) is 0 Å². The van der Waals surface area contributed by atoms with Crippen molar-refractivity contribution >= 4 is 23.0 Å². The molecule has 0 aromatic carbocycles. The molecule has 0 bridgehead atoms. The highest BCUT2D eigenvalue weighted by molar-refractivity contribution is 7.80. The molecule has 0 atom stereocenters. The van der Waals surface area contributed by atoms with Gasteiger partial charge in [-0.3, -0.25) is 0 Å². The first-order valence-electron chi connectivity index (χ1n) is 2.54. The second kappa shape index (κ2) is 3.84. The van der Waals surface area contributed by atoms with E-state index in [1.165, 1.54) is 6.92 Å². The van der Waals surface area contributed by atoms with E-state index in [-0.39, 0.29) is 16.5 Å². The van der Waals surface area contributed by atoms with E-state index in [0.717, 1.165) is 6.26 Å². The molecule has 10 heavy (non-hydrogen) atoms. The van der Waals surface area contributed by atoms with Gasteiger partial charge in [0.25, 0.3) is 0 Å². The third-order valence-corrected chi connectivity index (χ3v) is 0.893. The Morgan fingerprint density at radius 1 is 1.80 bits per heavy atom. The van der Waals surface area contributed by atoms with E-state index in [9.17, 15) is 0 Å². The second-order valence-corrected chi connectivity index (χ2v) is 2.10. The summed E-state index contributed by atoms with van der Waals surface area (Å²) in [6.07, 6.45) is 0.751. The van der Waals surface area contributed by atoms with E-state index in [1.54, 1.807) is 0 Å². The number of nitrogens with two attached hydrogens (primary N) is 1. The van der Waals surface area contributed by atoms with E-state index < -0.39 is 0 Å². The number of hydrogen-bond acceptors (Lipinski definition) is 3. The van der Waals surface area contributed by atoms with Crippen molar-refractivity contribution in [1.29, 1.82) is 5.41 Å². The van der Waals surface area contributed by atoms with E-state index in [2.05, 4.69) is 17.5 Å². The highest BCUT2D eigenvalue weighted by Gasteiger charge is 1.98. The summed E-state index contributed by atoms with van der Waals surface area (Å²) in [5.74, 6) is 0. The molecule has 0 rings (SSSR count). The summed E-state index contributed by atoms with van der Waals surface area (Å²) in [5, 5.41) is 18.0. The van der Waals surface area contributed by atoms with Gasteiger partial charge in [0.2, 0.25) is 0 Å². The summed E-state index contributed by atoms with van der Waals surface area (Å²) in [4.78, 5) is 0. The largest absolute Gasteiger partial charge is 0.513 e. The molecule has 0 aliphatic rings. The van der Waals surface area contributed by atoms with Gasteiger partial charge < -0.3 is 21.6 Å². The number of aliphatic hydroxyl groups excluding tert-OH is 1. The minimum atomic E-state index is 0.0342. The minimum Gasteiger partial charge on any atom is -0.513 e. The lowest BCUT2D eigenvalue weighted by molar-refractivity contribution is 0.468. The first-order valence-corrected chi connectivity index (χ1v) is 2.95. The molecule has 0 saturated carbocycles. The van der Waals surface area contributed by atoms with Crippen molar-refractivity contribution in [2.75, 3.05) is 0 Å². The van der Waals surface area contributed by atoms with Crippen LogP contribution in [0.3, 0.4) is 0 Å². The third kappa shape index (κ3) is 3.03. The van der Waals surface area contributed by atoms with Crippen molar-refractivity contribution in [3.63, 3.8) is 0 Å². The summed E-state index contributed by atoms with van der Waals surface area (Å²) in [5.41, 5.74) is 5.47. The maximum atomic E-state index is 8.46. The zero-order valence-electron chi connectivity index (χ0n) is 5.51. The third-order valence-electron chi connectivity index (χ3n) is 0.791. The fraction of sp³-hybridized carbons (Fsp3) is 0.200. The zero-order chi connectivity index (χ0) is 8.15. The Morgan fingerprint density at radius 2 is 2.30 bits per heavy atom. The first-order chi connectivity index (χ1) is 4.57. The molecule has 0 amide bonds. The zero-order valence-corrected chi connectivity index (χ0v) is 6.33. The average molecular weight is 159 g/mol. The fourth-order valence-electron chi connectivity index (χ4n) is 0.356. The molecule has 4 nitrogen and oxygen atoms in total. The Balaban J connectivity index is 4.12. The minimum absolute atomic E-state index is 0.0342. The summed E-state index contributed by atoms with van der Waals surface area (Å²) in [7, 11) is 0. The average Bonchev–Trinajstić information content (AvgIpc) is 1.81. The molecule has 0 aromatic heterocycles. The van der Waals surface area contributed by atoms with E-state index in [0.29, 0.717) is 0 Å². The van der Waals surface area contributed by atoms with Crippen molar-refractivity contribution < 1.29 is 5.11 Å². The van der Waals surface area contributed by atoms with Crippen molar-refractivity contribution in [3.05, 3.63) is 12.0 Å². The molecule has 0 aliphatic carbocycles. The van der Waals surface area contributed by atoms with Crippen molar-refractivity contribution in [3.8, 4) is 0 Å². The Hall–Kier alpha value is -1.10. The van der Waals surface area contributed by atoms with Crippen molar-refractivity contribution in [2.45, 2.75) is 6.92 Å². The van der Waals surface area contributed by atoms with Gasteiger partial charge in [-0.15, -0.1) is 0 Å². The van der Waals surface area contributed by atoms with Crippen LogP contribution in [-0.4, -0.2) is 15.9 Å². The first kappa shape index (κ1) is 8.90. The molecule has 56 valence electrons. The standard InChI is InChI=1S/C5H9N3OS/c1-3(6)4(2-9)8-5(7)10/h2,6,9H,1H3,(H3,7,8,10)/b4-2+,6-3?. The lowest BCUT2D eigenvalue weighted by atomic mass is 10.3. The Kier molecular flexibility index (Phi) is 3.42. The maximum Gasteiger partial charge on any atom is 0.168 e. The van der Waals surface area contributed by atoms with Gasteiger partial charge >= 0.3 is 0 Å². The number of aliphatic hydroxyl groups is 1. The smallest absolute Gasteiger partial charge is 0.168 e. The van der Waals surface area contributed by atoms with Crippen LogP contribution in [0.2, 0.25) is 0 Å². The van der Waals surface area contributed by atoms with Crippen LogP contribution in [0, 0.1) is 5.41 Å². The molecule has 0 spiro atoms. The molecule has 0 fully saturated rings. The topological polar surface area (TPSA) is 82.1 Å². The summed E-state index contributed by atoms with van der Waals surface area (Å²) in [6.45, 7) is 1.51. The van der Waals surface area contributed by atoms with Gasteiger partial charge in [0.15, 0.2) is 5.11 Å². The molecule has 0 aromatic rings. The maximum absolute atomic E-state index is 8.46. The van der Waals surface area contributed by atoms with Crippen LogP contribution < -0.4 is 11.1 Å². The second-order valence-electron chi connectivity index (χ2n) is 1.66. The predicted octanol–water partition coefficient (Wildman–Crippen LogP) is 0.259. The van der Waals surface area contributed by atoms with Crippen LogP contribution >= 0.6 is 12.2 Å². The van der Waals surface area contributed by atoms with Crippen molar-refractivity contribution in [2.24, 2.45) is 5.73 Å². The van der Waals surface area contributed by atoms with Gasteiger partial charge in [0, 0.05) is 0 Å². The van der Waals surface area contributed by atoms with Gasteiger partial charge in [-0.05, 0) is 19.1 Å². The fourth-order valence-corrected chi connectivity index (χ4v) is 0.466. The molecule has 0 aliphatic heterocycles. The number of allylic oxidation sites excluding steroid dienone is 1. The highest BCUT2D eigenvalue weighted by Crippen LogP contribution is 1.87. The number of nitrogens with one attached hydrogen (secondary N) is 2. The lowest BCUT2D eigenvalue weighted by Crippen LogP contribution is -2.30. The van der Waals surface area contributed by atoms with Gasteiger partial charge in [0.05, 0.1) is 11.4 Å². The lowest BCUT2D eigenvalue weighted by Gasteiger charge is -2.04. The monoisotopic (exact) mass is 159 g/mol. The van der Waals surface area contributed by atoms with Crippen LogP contribution in [0.4, 0.5) is 0 Å². The summed E-state index contributed by atoms with van der Waals surface area (Å²) in [6, 6.07) is 0. The summed E-state index contributed by atoms with van der Waals surface area (Å²) >= 11 is 4.48. The van der Waals surface area contributed by atoms with Crippen molar-refractivity contribution in [1.82, 2.24) is 5.32 Å². The van der Waals surface area contributed by atoms with Crippen LogP contribution in [0.5, 0.6) is 0 Å². The van der Waals surface area contributed by atoms with E-state index in [4.69, 9.17) is 16.2 Å². The molecule has 0 heterocycles. The molecule has 5 N–H and O–H groups in total. The van der Waals surface area contributed by atoms with Gasteiger partial charge in [0.1, 0.15) is 6.26 Å². The van der Waals surface area contributed by atoms with E-state index in [1.807, 2.05) is 0 Å². The number of thiocarbonyl (C=S) groups is 1. The quantitative estimate of drug-likeness (QED) is 0.264.